The minimum Gasteiger partial charge on any atom is -0.492 e. The van der Waals surface area contributed by atoms with Crippen molar-refractivity contribution in [2.45, 2.75) is 6.42 Å². The number of pyridine rings is 1. The average Bonchev–Trinajstić information content (AvgIpc) is 3.15. The first kappa shape index (κ1) is 17.7. The topological polar surface area (TPSA) is 85.0 Å². The molecular weight excluding hydrogens is 326 g/mol. The first-order chi connectivity index (χ1) is 12.8. The Balaban J connectivity index is 1.35. The van der Waals surface area contributed by atoms with Crippen LogP contribution in [0.5, 0.6) is 5.75 Å². The molecule has 1 aromatic carbocycles. The van der Waals surface area contributed by atoms with E-state index in [2.05, 4.69) is 27.3 Å². The lowest BCUT2D eigenvalue weighted by atomic mass is 10.1. The molecule has 1 saturated heterocycles. The number of likely N-dealkylation sites (tertiary alicyclic amines) is 1. The van der Waals surface area contributed by atoms with Crippen molar-refractivity contribution in [2.75, 3.05) is 38.1 Å². The van der Waals surface area contributed by atoms with Gasteiger partial charge in [0, 0.05) is 25.8 Å². The van der Waals surface area contributed by atoms with Gasteiger partial charge in [-0.3, -0.25) is 4.90 Å². The van der Waals surface area contributed by atoms with Crippen LogP contribution in [0.2, 0.25) is 0 Å². The first-order valence-corrected chi connectivity index (χ1v) is 8.72. The van der Waals surface area contributed by atoms with Gasteiger partial charge < -0.3 is 10.1 Å². The van der Waals surface area contributed by atoms with Gasteiger partial charge in [0.25, 0.3) is 0 Å². The van der Waals surface area contributed by atoms with Crippen molar-refractivity contribution in [3.8, 4) is 17.9 Å². The highest BCUT2D eigenvalue weighted by Crippen LogP contribution is 2.17. The third kappa shape index (κ3) is 4.95. The summed E-state index contributed by atoms with van der Waals surface area (Å²) in [5, 5.41) is 20.9. The highest BCUT2D eigenvalue weighted by atomic mass is 16.5. The Morgan fingerprint density at radius 2 is 1.88 bits per heavy atom. The third-order valence-corrected chi connectivity index (χ3v) is 4.49. The normalized spacial score (nSPS) is 16.6. The van der Waals surface area contributed by atoms with Crippen LogP contribution in [-0.2, 0) is 0 Å². The Labute approximate surface area is 153 Å². The fraction of sp³-hybridized carbons (Fsp3) is 0.350. The summed E-state index contributed by atoms with van der Waals surface area (Å²) >= 11 is 0. The Bertz CT molecular complexity index is 789. The number of hydrogen-bond donors (Lipinski definition) is 1. The zero-order valence-corrected chi connectivity index (χ0v) is 14.6. The minimum absolute atomic E-state index is 0.574. The van der Waals surface area contributed by atoms with Gasteiger partial charge in [0.2, 0.25) is 0 Å². The molecule has 1 N–H and O–H groups in total. The summed E-state index contributed by atoms with van der Waals surface area (Å²) in [6, 6.07) is 15.0. The largest absolute Gasteiger partial charge is 0.492 e. The predicted molar refractivity (Wildman–Crippen MR) is 98.6 cm³/mol. The highest BCUT2D eigenvalue weighted by molar-refractivity contribution is 5.39. The van der Waals surface area contributed by atoms with Crippen LogP contribution in [0.25, 0.3) is 0 Å². The first-order valence-electron chi connectivity index (χ1n) is 8.72. The average molecular weight is 347 g/mol. The van der Waals surface area contributed by atoms with Gasteiger partial charge in [0.1, 0.15) is 24.2 Å². The lowest BCUT2D eigenvalue weighted by molar-refractivity contribution is 0.233. The lowest BCUT2D eigenvalue weighted by Gasteiger charge is -2.17. The molecule has 0 bridgehead atoms. The summed E-state index contributed by atoms with van der Waals surface area (Å²) in [5.74, 6) is 2.20. The zero-order chi connectivity index (χ0) is 18.2. The molecule has 6 nitrogen and oxygen atoms in total. The van der Waals surface area contributed by atoms with E-state index in [4.69, 9.17) is 15.3 Å². The summed E-state index contributed by atoms with van der Waals surface area (Å²) in [7, 11) is 0. The fourth-order valence-electron chi connectivity index (χ4n) is 3.01. The van der Waals surface area contributed by atoms with Gasteiger partial charge in [-0.05, 0) is 55.3 Å². The molecule has 0 aliphatic carbocycles. The Kier molecular flexibility index (Phi) is 6.03. The number of nitrogens with zero attached hydrogens (tertiary/aromatic N) is 4. The number of benzene rings is 1. The van der Waals surface area contributed by atoms with E-state index in [0.29, 0.717) is 23.7 Å². The monoisotopic (exact) mass is 347 g/mol. The second kappa shape index (κ2) is 8.84. The number of anilines is 1. The zero-order valence-electron chi connectivity index (χ0n) is 14.6. The second-order valence-corrected chi connectivity index (χ2v) is 6.36. The van der Waals surface area contributed by atoms with Crippen LogP contribution in [0, 0.1) is 28.6 Å². The molecule has 1 fully saturated rings. The van der Waals surface area contributed by atoms with E-state index in [1.54, 1.807) is 24.4 Å². The minimum atomic E-state index is 0.574. The van der Waals surface area contributed by atoms with Gasteiger partial charge in [-0.1, -0.05) is 0 Å². The quantitative estimate of drug-likeness (QED) is 0.829. The number of hydrogen-bond acceptors (Lipinski definition) is 6. The van der Waals surface area contributed by atoms with Crippen molar-refractivity contribution < 1.29 is 4.74 Å². The second-order valence-electron chi connectivity index (χ2n) is 6.36. The summed E-state index contributed by atoms with van der Waals surface area (Å²) < 4.78 is 5.75. The molecule has 1 aliphatic rings. The summed E-state index contributed by atoms with van der Waals surface area (Å²) in [4.78, 5) is 6.64. The molecule has 1 atom stereocenters. The smallest absolute Gasteiger partial charge is 0.125 e. The van der Waals surface area contributed by atoms with Crippen molar-refractivity contribution >= 4 is 5.82 Å². The molecule has 1 aliphatic heterocycles. The summed E-state index contributed by atoms with van der Waals surface area (Å²) in [5.41, 5.74) is 1.22. The molecule has 2 heterocycles. The van der Waals surface area contributed by atoms with Crippen LogP contribution in [-0.4, -0.2) is 42.7 Å². The van der Waals surface area contributed by atoms with Crippen molar-refractivity contribution in [1.82, 2.24) is 9.88 Å². The Morgan fingerprint density at radius 3 is 2.58 bits per heavy atom. The standard InChI is InChI=1S/C20H21N5O/c21-11-16-1-4-19(5-2-16)26-10-9-25-8-7-18(15-25)14-24-20-6-3-17(12-22)13-23-20/h1-6,13,18H,7-10,14-15H2,(H,23,24)/t18-/m0/s1. The van der Waals surface area contributed by atoms with Crippen LogP contribution in [0.3, 0.4) is 0 Å². The molecule has 0 amide bonds. The maximum Gasteiger partial charge on any atom is 0.125 e. The third-order valence-electron chi connectivity index (χ3n) is 4.49. The maximum atomic E-state index is 8.79. The van der Waals surface area contributed by atoms with E-state index >= 15 is 0 Å². The van der Waals surface area contributed by atoms with Crippen LogP contribution >= 0.6 is 0 Å². The molecular formula is C20H21N5O. The maximum absolute atomic E-state index is 8.79. The van der Waals surface area contributed by atoms with Crippen molar-refractivity contribution in [3.05, 3.63) is 53.7 Å². The number of nitrogens with one attached hydrogen (secondary N) is 1. The van der Waals surface area contributed by atoms with Gasteiger partial charge in [-0.25, -0.2) is 4.98 Å². The number of aromatic nitrogens is 1. The van der Waals surface area contributed by atoms with E-state index in [1.165, 1.54) is 0 Å². The van der Waals surface area contributed by atoms with E-state index in [0.717, 1.165) is 44.2 Å². The van der Waals surface area contributed by atoms with E-state index in [1.807, 2.05) is 18.2 Å². The van der Waals surface area contributed by atoms with Crippen molar-refractivity contribution in [3.63, 3.8) is 0 Å². The van der Waals surface area contributed by atoms with Gasteiger partial charge in [-0.2, -0.15) is 10.5 Å². The number of ether oxygens (including phenoxy) is 1. The molecule has 6 heteroatoms. The van der Waals surface area contributed by atoms with Gasteiger partial charge >= 0.3 is 0 Å². The molecule has 1 aromatic heterocycles. The molecule has 0 saturated carbocycles. The van der Waals surface area contributed by atoms with Gasteiger partial charge in [-0.15, -0.1) is 0 Å². The van der Waals surface area contributed by atoms with Gasteiger partial charge in [0.15, 0.2) is 0 Å². The highest BCUT2D eigenvalue weighted by Gasteiger charge is 2.22. The predicted octanol–water partition coefficient (Wildman–Crippen LogP) is 2.64. The van der Waals surface area contributed by atoms with Crippen molar-refractivity contribution in [2.24, 2.45) is 5.92 Å². The number of rotatable bonds is 7. The molecule has 132 valence electrons. The molecule has 0 radical (unpaired) electrons. The summed E-state index contributed by atoms with van der Waals surface area (Å²) in [6.07, 6.45) is 2.74. The molecule has 26 heavy (non-hydrogen) atoms. The van der Waals surface area contributed by atoms with E-state index in [-0.39, 0.29) is 0 Å². The van der Waals surface area contributed by atoms with Crippen LogP contribution in [0.4, 0.5) is 5.82 Å². The summed E-state index contributed by atoms with van der Waals surface area (Å²) in [6.45, 7) is 4.53. The SMILES string of the molecule is N#Cc1ccc(OCCN2CC[C@@H](CNc3ccc(C#N)cn3)C2)cc1. The molecule has 0 spiro atoms. The number of nitriles is 2. The van der Waals surface area contributed by atoms with Crippen molar-refractivity contribution in [1.29, 1.82) is 10.5 Å². The Morgan fingerprint density at radius 1 is 1.12 bits per heavy atom. The van der Waals surface area contributed by atoms with E-state index in [9.17, 15) is 0 Å². The molecule has 3 rings (SSSR count). The van der Waals surface area contributed by atoms with Crippen LogP contribution in [0.15, 0.2) is 42.6 Å². The van der Waals surface area contributed by atoms with Gasteiger partial charge in [0.05, 0.1) is 17.2 Å². The fourth-order valence-corrected chi connectivity index (χ4v) is 3.01. The van der Waals surface area contributed by atoms with Crippen LogP contribution in [0.1, 0.15) is 17.5 Å². The van der Waals surface area contributed by atoms with Crippen LogP contribution < -0.4 is 10.1 Å². The lowest BCUT2D eigenvalue weighted by Crippen LogP contribution is -2.27. The van der Waals surface area contributed by atoms with E-state index < -0.39 is 0 Å². The Hall–Kier alpha value is -3.09. The molecule has 2 aromatic rings. The molecule has 0 unspecified atom stereocenters.